The van der Waals surface area contributed by atoms with Gasteiger partial charge in [-0.15, -0.1) is 11.3 Å². The van der Waals surface area contributed by atoms with Crippen LogP contribution in [0.25, 0.3) is 16.6 Å². The molecule has 0 aliphatic carbocycles. The molecule has 4 rings (SSSR count). The van der Waals surface area contributed by atoms with Gasteiger partial charge in [-0.1, -0.05) is 12.1 Å². The van der Waals surface area contributed by atoms with Gasteiger partial charge in [0.2, 0.25) is 0 Å². The van der Waals surface area contributed by atoms with E-state index in [9.17, 15) is 9.59 Å². The lowest BCUT2D eigenvalue weighted by Gasteiger charge is -2.11. The first-order chi connectivity index (χ1) is 13.2. The number of anilines is 1. The summed E-state index contributed by atoms with van der Waals surface area (Å²) >= 11 is 1.33. The van der Waals surface area contributed by atoms with E-state index in [-0.39, 0.29) is 11.5 Å². The first kappa shape index (κ1) is 16.9. The fraction of sp³-hybridized carbons (Fsp3) is 0.0526. The molecule has 2 aromatic heterocycles. The minimum Gasteiger partial charge on any atom is -0.495 e. The second-order valence-corrected chi connectivity index (χ2v) is 6.51. The summed E-state index contributed by atoms with van der Waals surface area (Å²) in [5.41, 5.74) is 1.21. The Balaban J connectivity index is 1.74. The average Bonchev–Trinajstić information content (AvgIpc) is 3.21. The van der Waals surface area contributed by atoms with Crippen LogP contribution in [-0.4, -0.2) is 27.6 Å². The number of rotatable bonds is 4. The number of para-hydroxylation sites is 2. The molecule has 0 aliphatic rings. The van der Waals surface area contributed by atoms with Crippen LogP contribution < -0.4 is 15.6 Å². The maximum absolute atomic E-state index is 12.9. The average molecular weight is 378 g/mol. The smallest absolute Gasteiger partial charge is 0.265 e. The van der Waals surface area contributed by atoms with E-state index in [1.165, 1.54) is 22.2 Å². The fourth-order valence-electron chi connectivity index (χ4n) is 2.72. The number of carbonyl (C=O) groups excluding carboxylic acids is 1. The molecule has 8 heteroatoms. The summed E-state index contributed by atoms with van der Waals surface area (Å²) in [6.45, 7) is 0. The number of nitrogens with zero attached hydrogens (tertiary/aromatic N) is 3. The molecule has 0 atom stereocenters. The minimum absolute atomic E-state index is 0.239. The van der Waals surface area contributed by atoms with Gasteiger partial charge in [-0.25, -0.2) is 9.97 Å². The zero-order valence-corrected chi connectivity index (χ0v) is 15.1. The highest BCUT2D eigenvalue weighted by molar-refractivity contribution is 7.13. The van der Waals surface area contributed by atoms with E-state index in [0.717, 1.165) is 0 Å². The zero-order chi connectivity index (χ0) is 18.8. The number of ether oxygens (including phenoxy) is 1. The Kier molecular flexibility index (Phi) is 4.39. The van der Waals surface area contributed by atoms with Crippen molar-refractivity contribution in [3.8, 4) is 11.4 Å². The number of nitrogens with one attached hydrogen (secondary N) is 1. The number of amides is 1. The predicted molar refractivity (Wildman–Crippen MR) is 104 cm³/mol. The molecule has 134 valence electrons. The molecule has 0 bridgehead atoms. The van der Waals surface area contributed by atoms with Crippen LogP contribution in [0, 0.1) is 0 Å². The van der Waals surface area contributed by atoms with Gasteiger partial charge in [0.05, 0.1) is 23.7 Å². The summed E-state index contributed by atoms with van der Waals surface area (Å²) < 4.78 is 6.75. The summed E-state index contributed by atoms with van der Waals surface area (Å²) in [4.78, 5) is 33.6. The molecule has 0 aliphatic heterocycles. The van der Waals surface area contributed by atoms with E-state index in [1.807, 2.05) is 12.1 Å². The molecule has 0 unspecified atom stereocenters. The van der Waals surface area contributed by atoms with Gasteiger partial charge in [-0.3, -0.25) is 19.5 Å². The van der Waals surface area contributed by atoms with E-state index >= 15 is 0 Å². The topological polar surface area (TPSA) is 86.1 Å². The second kappa shape index (κ2) is 7.00. The lowest BCUT2D eigenvalue weighted by molar-refractivity contribution is 0.102. The van der Waals surface area contributed by atoms with Crippen molar-refractivity contribution in [1.82, 2.24) is 14.5 Å². The lowest BCUT2D eigenvalue weighted by atomic mass is 10.1. The van der Waals surface area contributed by atoms with Gasteiger partial charge in [0, 0.05) is 17.1 Å². The Bertz CT molecular complexity index is 1190. The molecular formula is C19H14N4O3S. The quantitative estimate of drug-likeness (QED) is 0.590. The van der Waals surface area contributed by atoms with Gasteiger partial charge in [0.1, 0.15) is 12.1 Å². The van der Waals surface area contributed by atoms with Crippen molar-refractivity contribution in [3.63, 3.8) is 0 Å². The Morgan fingerprint density at radius 2 is 2.04 bits per heavy atom. The Morgan fingerprint density at radius 3 is 2.81 bits per heavy atom. The van der Waals surface area contributed by atoms with Crippen LogP contribution in [0.3, 0.4) is 0 Å². The summed E-state index contributed by atoms with van der Waals surface area (Å²) in [6, 6.07) is 12.0. The number of benzene rings is 2. The molecular weight excluding hydrogens is 364 g/mol. The Labute approximate surface area is 157 Å². The first-order valence-electron chi connectivity index (χ1n) is 8.03. The molecule has 0 saturated carbocycles. The number of carbonyl (C=O) groups is 1. The van der Waals surface area contributed by atoms with Crippen LogP contribution in [0.5, 0.6) is 5.75 Å². The van der Waals surface area contributed by atoms with Crippen molar-refractivity contribution in [3.05, 3.63) is 76.3 Å². The highest BCUT2D eigenvalue weighted by Gasteiger charge is 2.13. The maximum Gasteiger partial charge on any atom is 0.265 e. The Hall–Kier alpha value is -3.52. The SMILES string of the molecule is COc1ccccc1-n1cnc2cc(C(=O)Nc3nccs3)ccc2c1=O. The molecule has 7 nitrogen and oxygen atoms in total. The van der Waals surface area contributed by atoms with Crippen LogP contribution in [0.15, 0.2) is 65.2 Å². The monoisotopic (exact) mass is 378 g/mol. The summed E-state index contributed by atoms with van der Waals surface area (Å²) in [7, 11) is 1.55. The van der Waals surface area contributed by atoms with Crippen LogP contribution in [-0.2, 0) is 0 Å². The summed E-state index contributed by atoms with van der Waals surface area (Å²) in [5, 5.41) is 5.41. The third kappa shape index (κ3) is 3.18. The largest absolute Gasteiger partial charge is 0.495 e. The molecule has 0 saturated heterocycles. The standard InChI is InChI=1S/C19H14N4O3S/c1-26-16-5-3-2-4-15(16)23-11-21-14-10-12(6-7-13(14)18(23)25)17(24)22-19-20-8-9-27-19/h2-11H,1H3,(H,20,22,24). The second-order valence-electron chi connectivity index (χ2n) is 5.61. The number of fused-ring (bicyclic) bond motifs is 1. The van der Waals surface area contributed by atoms with Crippen LogP contribution in [0.2, 0.25) is 0 Å². The van der Waals surface area contributed by atoms with Gasteiger partial charge >= 0.3 is 0 Å². The molecule has 0 fully saturated rings. The number of aromatic nitrogens is 3. The van der Waals surface area contributed by atoms with Crippen LogP contribution in [0.4, 0.5) is 5.13 Å². The molecule has 4 aromatic rings. The molecule has 0 spiro atoms. The number of hydrogen-bond donors (Lipinski definition) is 1. The van der Waals surface area contributed by atoms with E-state index in [1.54, 1.807) is 49.0 Å². The van der Waals surface area contributed by atoms with Crippen LogP contribution >= 0.6 is 11.3 Å². The normalized spacial score (nSPS) is 10.7. The highest BCUT2D eigenvalue weighted by atomic mass is 32.1. The van der Waals surface area contributed by atoms with Gasteiger partial charge in [0.25, 0.3) is 11.5 Å². The third-order valence-corrected chi connectivity index (χ3v) is 4.71. The van der Waals surface area contributed by atoms with Gasteiger partial charge in [-0.05, 0) is 30.3 Å². The van der Waals surface area contributed by atoms with Crippen molar-refractivity contribution >= 4 is 33.3 Å². The molecule has 2 aromatic carbocycles. The fourth-order valence-corrected chi connectivity index (χ4v) is 3.24. The van der Waals surface area contributed by atoms with E-state index in [4.69, 9.17) is 4.74 Å². The summed E-state index contributed by atoms with van der Waals surface area (Å²) in [5.74, 6) is 0.266. The molecule has 27 heavy (non-hydrogen) atoms. The minimum atomic E-state index is -0.303. The first-order valence-corrected chi connectivity index (χ1v) is 8.91. The van der Waals surface area contributed by atoms with Crippen molar-refractivity contribution < 1.29 is 9.53 Å². The molecule has 1 N–H and O–H groups in total. The Morgan fingerprint density at radius 1 is 1.19 bits per heavy atom. The van der Waals surface area contributed by atoms with Gasteiger partial charge in [-0.2, -0.15) is 0 Å². The van der Waals surface area contributed by atoms with E-state index < -0.39 is 0 Å². The van der Waals surface area contributed by atoms with Crippen molar-refractivity contribution in [2.75, 3.05) is 12.4 Å². The van der Waals surface area contributed by atoms with Crippen LogP contribution in [0.1, 0.15) is 10.4 Å². The number of hydrogen-bond acceptors (Lipinski definition) is 6. The number of methoxy groups -OCH3 is 1. The van der Waals surface area contributed by atoms with E-state index in [0.29, 0.717) is 33.0 Å². The third-order valence-electron chi connectivity index (χ3n) is 4.02. The lowest BCUT2D eigenvalue weighted by Crippen LogP contribution is -2.20. The zero-order valence-electron chi connectivity index (χ0n) is 14.2. The van der Waals surface area contributed by atoms with E-state index in [2.05, 4.69) is 15.3 Å². The van der Waals surface area contributed by atoms with Crippen molar-refractivity contribution in [2.45, 2.75) is 0 Å². The number of thiazole rings is 1. The van der Waals surface area contributed by atoms with Gasteiger partial charge in [0.15, 0.2) is 5.13 Å². The predicted octanol–water partition coefficient (Wildman–Crippen LogP) is 3.10. The van der Waals surface area contributed by atoms with Crippen molar-refractivity contribution in [1.29, 1.82) is 0 Å². The maximum atomic E-state index is 12.9. The van der Waals surface area contributed by atoms with Crippen molar-refractivity contribution in [2.24, 2.45) is 0 Å². The highest BCUT2D eigenvalue weighted by Crippen LogP contribution is 2.21. The molecule has 2 heterocycles. The molecule has 1 amide bonds. The van der Waals surface area contributed by atoms with Gasteiger partial charge < -0.3 is 4.74 Å². The summed E-state index contributed by atoms with van der Waals surface area (Å²) in [6.07, 6.45) is 3.05. The molecule has 0 radical (unpaired) electrons.